The Kier molecular flexibility index (Phi) is 6.21. The number of thioether (sulfide) groups is 1. The monoisotopic (exact) mass is 528 g/mol. The number of thiocarbonyl (C=S) groups is 1. The quantitative estimate of drug-likeness (QED) is 0.200. The van der Waals surface area contributed by atoms with E-state index in [1.807, 2.05) is 54.7 Å². The second-order valence-corrected chi connectivity index (χ2v) is 9.97. The van der Waals surface area contributed by atoms with E-state index in [2.05, 4.69) is 4.57 Å². The average Bonchev–Trinajstić information content (AvgIpc) is 3.31. The molecule has 0 radical (unpaired) electrons. The Morgan fingerprint density at radius 1 is 1.00 bits per heavy atom. The molecule has 3 nitrogen and oxygen atoms in total. The van der Waals surface area contributed by atoms with Crippen LogP contribution in [0.4, 0.5) is 18.9 Å². The van der Waals surface area contributed by atoms with Gasteiger partial charge in [0, 0.05) is 34.2 Å². The summed E-state index contributed by atoms with van der Waals surface area (Å²) in [6.07, 6.45) is -0.848. The highest BCUT2D eigenvalue weighted by atomic mass is 35.5. The number of benzene rings is 3. The molecule has 1 aromatic heterocycles. The first-order valence-electron chi connectivity index (χ1n) is 10.5. The molecule has 0 atom stereocenters. The van der Waals surface area contributed by atoms with E-state index in [4.69, 9.17) is 23.8 Å². The summed E-state index contributed by atoms with van der Waals surface area (Å²) in [7, 11) is 0. The van der Waals surface area contributed by atoms with Gasteiger partial charge in [0.25, 0.3) is 5.91 Å². The average molecular weight is 529 g/mol. The largest absolute Gasteiger partial charge is 0.416 e. The fourth-order valence-corrected chi connectivity index (χ4v) is 5.47. The molecule has 1 aliphatic heterocycles. The lowest BCUT2D eigenvalue weighted by molar-refractivity contribution is -0.137. The zero-order valence-corrected chi connectivity index (χ0v) is 20.3. The Morgan fingerprint density at radius 3 is 2.51 bits per heavy atom. The Labute approximate surface area is 213 Å². The molecule has 9 heteroatoms. The van der Waals surface area contributed by atoms with E-state index < -0.39 is 17.6 Å². The van der Waals surface area contributed by atoms with Crippen LogP contribution in [0.15, 0.2) is 83.9 Å². The minimum Gasteiger partial charge on any atom is -0.342 e. The molecular weight excluding hydrogens is 513 g/mol. The van der Waals surface area contributed by atoms with E-state index in [1.165, 1.54) is 12.1 Å². The third kappa shape index (κ3) is 4.61. The first kappa shape index (κ1) is 23.7. The van der Waals surface area contributed by atoms with E-state index in [-0.39, 0.29) is 10.0 Å². The van der Waals surface area contributed by atoms with Crippen molar-refractivity contribution < 1.29 is 18.0 Å². The van der Waals surface area contributed by atoms with Crippen LogP contribution < -0.4 is 4.90 Å². The van der Waals surface area contributed by atoms with Crippen LogP contribution in [-0.4, -0.2) is 14.8 Å². The molecule has 0 N–H and O–H groups in total. The van der Waals surface area contributed by atoms with Crippen LogP contribution in [0.5, 0.6) is 0 Å². The summed E-state index contributed by atoms with van der Waals surface area (Å²) in [6, 6.07) is 20.0. The van der Waals surface area contributed by atoms with E-state index in [9.17, 15) is 18.0 Å². The van der Waals surface area contributed by atoms with Crippen molar-refractivity contribution in [3.05, 3.63) is 106 Å². The summed E-state index contributed by atoms with van der Waals surface area (Å²) < 4.78 is 41.8. The number of fused-ring (bicyclic) bond motifs is 1. The molecule has 5 rings (SSSR count). The van der Waals surface area contributed by atoms with E-state index in [1.54, 1.807) is 6.08 Å². The zero-order valence-electron chi connectivity index (χ0n) is 17.9. The number of aromatic nitrogens is 1. The van der Waals surface area contributed by atoms with Crippen LogP contribution in [0.3, 0.4) is 0 Å². The van der Waals surface area contributed by atoms with Gasteiger partial charge in [-0.2, -0.15) is 13.2 Å². The summed E-state index contributed by atoms with van der Waals surface area (Å²) in [4.78, 5) is 14.7. The Morgan fingerprint density at radius 2 is 1.74 bits per heavy atom. The second-order valence-electron chi connectivity index (χ2n) is 7.89. The van der Waals surface area contributed by atoms with Crippen LogP contribution in [0.2, 0.25) is 5.02 Å². The summed E-state index contributed by atoms with van der Waals surface area (Å²) >= 11 is 12.8. The van der Waals surface area contributed by atoms with Crippen LogP contribution in [0.1, 0.15) is 16.7 Å². The highest BCUT2D eigenvalue weighted by Gasteiger charge is 2.36. The van der Waals surface area contributed by atoms with E-state index >= 15 is 0 Å². The van der Waals surface area contributed by atoms with Gasteiger partial charge in [-0.3, -0.25) is 9.69 Å². The number of para-hydroxylation sites is 1. The van der Waals surface area contributed by atoms with Gasteiger partial charge in [0.05, 0.1) is 16.2 Å². The predicted molar refractivity (Wildman–Crippen MR) is 140 cm³/mol. The van der Waals surface area contributed by atoms with Gasteiger partial charge >= 0.3 is 6.18 Å². The fourth-order valence-electron chi connectivity index (χ4n) is 3.98. The minimum absolute atomic E-state index is 0.0897. The molecule has 3 aromatic carbocycles. The standard InChI is InChI=1S/C26H16ClF3N2OS2/c27-21-10-3-1-6-16(21)14-31-15-17(20-9-2-4-11-22(20)31)12-23-24(33)32(25(34)35-23)19-8-5-7-18(13-19)26(28,29)30/h1-13,15H,14H2/b23-12-. The van der Waals surface area contributed by atoms with Crippen LogP contribution in [-0.2, 0) is 17.5 Å². The summed E-state index contributed by atoms with van der Waals surface area (Å²) in [5, 5.41) is 1.60. The van der Waals surface area contributed by atoms with E-state index in [0.29, 0.717) is 16.5 Å². The maximum Gasteiger partial charge on any atom is 0.416 e. The smallest absolute Gasteiger partial charge is 0.342 e. The van der Waals surface area contributed by atoms with Gasteiger partial charge in [-0.15, -0.1) is 0 Å². The topological polar surface area (TPSA) is 25.2 Å². The van der Waals surface area contributed by atoms with E-state index in [0.717, 1.165) is 50.8 Å². The number of rotatable bonds is 4. The maximum atomic E-state index is 13.2. The molecule has 0 saturated carbocycles. The molecule has 1 fully saturated rings. The van der Waals surface area contributed by atoms with Crippen molar-refractivity contribution in [3.63, 3.8) is 0 Å². The van der Waals surface area contributed by atoms with Gasteiger partial charge in [0.1, 0.15) is 0 Å². The van der Waals surface area contributed by atoms with Gasteiger partial charge in [-0.25, -0.2) is 0 Å². The van der Waals surface area contributed by atoms with Crippen molar-refractivity contribution in [2.24, 2.45) is 0 Å². The maximum absolute atomic E-state index is 13.2. The van der Waals surface area contributed by atoms with Crippen molar-refractivity contribution >= 4 is 68.5 Å². The van der Waals surface area contributed by atoms with Gasteiger partial charge in [0.15, 0.2) is 4.32 Å². The molecule has 176 valence electrons. The number of anilines is 1. The third-order valence-corrected chi connectivity index (χ3v) is 7.30. The van der Waals surface area contributed by atoms with Crippen molar-refractivity contribution in [2.75, 3.05) is 4.90 Å². The lowest BCUT2D eigenvalue weighted by Gasteiger charge is -2.16. The second kappa shape index (κ2) is 9.18. The normalized spacial score (nSPS) is 15.5. The summed E-state index contributed by atoms with van der Waals surface area (Å²) in [5.41, 5.74) is 1.98. The molecule has 1 aliphatic rings. The molecule has 0 aliphatic carbocycles. The van der Waals surface area contributed by atoms with Gasteiger partial charge in [0.2, 0.25) is 0 Å². The molecule has 0 unspecified atom stereocenters. The van der Waals surface area contributed by atoms with Gasteiger partial charge in [-0.05, 0) is 42.0 Å². The Balaban J connectivity index is 1.51. The van der Waals surface area contributed by atoms with Crippen molar-refractivity contribution in [3.8, 4) is 0 Å². The highest BCUT2D eigenvalue weighted by Crippen LogP contribution is 2.39. The number of hydrogen-bond acceptors (Lipinski definition) is 3. The van der Waals surface area contributed by atoms with Crippen LogP contribution in [0.25, 0.3) is 17.0 Å². The molecule has 4 aromatic rings. The SMILES string of the molecule is O=C1/C(=C/c2cn(Cc3ccccc3Cl)c3ccccc23)SC(=S)N1c1cccc(C(F)(F)F)c1. The fraction of sp³-hybridized carbons (Fsp3) is 0.0769. The van der Waals surface area contributed by atoms with Crippen molar-refractivity contribution in [1.29, 1.82) is 0 Å². The first-order valence-corrected chi connectivity index (χ1v) is 12.1. The number of halogens is 4. The molecular formula is C26H16ClF3N2OS2. The van der Waals surface area contributed by atoms with Crippen LogP contribution >= 0.6 is 35.6 Å². The zero-order chi connectivity index (χ0) is 24.7. The molecule has 1 saturated heterocycles. The number of nitrogens with zero attached hydrogens (tertiary/aromatic N) is 2. The summed E-state index contributed by atoms with van der Waals surface area (Å²) in [6.45, 7) is 0.541. The highest BCUT2D eigenvalue weighted by molar-refractivity contribution is 8.27. The molecule has 0 bridgehead atoms. The van der Waals surface area contributed by atoms with Gasteiger partial charge in [-0.1, -0.05) is 78.0 Å². The number of hydrogen-bond donors (Lipinski definition) is 0. The Bertz CT molecular complexity index is 1510. The Hall–Kier alpha value is -3.07. The molecule has 35 heavy (non-hydrogen) atoms. The number of carbonyl (C=O) groups excluding carboxylic acids is 1. The number of alkyl halides is 3. The summed E-state index contributed by atoms with van der Waals surface area (Å²) in [5.74, 6) is -0.456. The van der Waals surface area contributed by atoms with Crippen molar-refractivity contribution in [1.82, 2.24) is 4.57 Å². The van der Waals surface area contributed by atoms with Crippen molar-refractivity contribution in [2.45, 2.75) is 12.7 Å². The first-order chi connectivity index (χ1) is 16.7. The van der Waals surface area contributed by atoms with Gasteiger partial charge < -0.3 is 4.57 Å². The lowest BCUT2D eigenvalue weighted by Crippen LogP contribution is -2.27. The number of carbonyl (C=O) groups is 1. The molecule has 2 heterocycles. The molecule has 0 spiro atoms. The molecule has 1 amide bonds. The number of amides is 1. The van der Waals surface area contributed by atoms with Crippen LogP contribution in [0, 0.1) is 0 Å². The predicted octanol–water partition coefficient (Wildman–Crippen LogP) is 7.77. The minimum atomic E-state index is -4.52. The third-order valence-electron chi connectivity index (χ3n) is 5.63. The lowest BCUT2D eigenvalue weighted by atomic mass is 10.1.